The van der Waals surface area contributed by atoms with Gasteiger partial charge >= 0.3 is 0 Å². The van der Waals surface area contributed by atoms with E-state index in [1.54, 1.807) is 12.1 Å². The van der Waals surface area contributed by atoms with Crippen molar-refractivity contribution in [2.45, 2.75) is 20.1 Å². The van der Waals surface area contributed by atoms with E-state index in [0.717, 1.165) is 22.3 Å². The molecule has 0 fully saturated rings. The molecule has 0 spiro atoms. The summed E-state index contributed by atoms with van der Waals surface area (Å²) in [4.78, 5) is 0. The molecule has 5 heteroatoms. The average molecular weight is 373 g/mol. The van der Waals surface area contributed by atoms with Gasteiger partial charge in [0.2, 0.25) is 0 Å². The first-order chi connectivity index (χ1) is 10.1. The Hall–Kier alpha value is -1.10. The van der Waals surface area contributed by atoms with Crippen molar-refractivity contribution >= 4 is 27.5 Å². The van der Waals surface area contributed by atoms with Crippen molar-refractivity contribution in [3.8, 4) is 5.75 Å². The van der Waals surface area contributed by atoms with E-state index in [1.165, 1.54) is 6.07 Å². The van der Waals surface area contributed by atoms with E-state index in [-0.39, 0.29) is 11.6 Å². The maximum Gasteiger partial charge on any atom is 0.142 e. The molecule has 0 saturated heterocycles. The summed E-state index contributed by atoms with van der Waals surface area (Å²) in [7, 11) is 0. The Morgan fingerprint density at radius 2 is 2.05 bits per heavy atom. The summed E-state index contributed by atoms with van der Waals surface area (Å²) >= 11 is 9.38. The van der Waals surface area contributed by atoms with Gasteiger partial charge in [0.15, 0.2) is 0 Å². The molecule has 0 saturated carbocycles. The van der Waals surface area contributed by atoms with Crippen LogP contribution in [0.5, 0.6) is 5.75 Å². The lowest BCUT2D eigenvalue weighted by molar-refractivity contribution is 0.301. The van der Waals surface area contributed by atoms with Gasteiger partial charge in [-0.15, -0.1) is 0 Å². The number of hydrogen-bond acceptors (Lipinski definition) is 2. The Balaban J connectivity index is 2.14. The summed E-state index contributed by atoms with van der Waals surface area (Å²) in [6.45, 7) is 3.87. The van der Waals surface area contributed by atoms with Crippen molar-refractivity contribution in [1.82, 2.24) is 5.32 Å². The predicted molar refractivity (Wildman–Crippen MR) is 87.3 cm³/mol. The Morgan fingerprint density at radius 3 is 2.81 bits per heavy atom. The van der Waals surface area contributed by atoms with E-state index in [4.69, 9.17) is 16.3 Å². The smallest absolute Gasteiger partial charge is 0.142 e. The number of halogens is 3. The summed E-state index contributed by atoms with van der Waals surface area (Å²) in [6.07, 6.45) is 0. The van der Waals surface area contributed by atoms with Crippen molar-refractivity contribution in [2.24, 2.45) is 0 Å². The molecule has 2 nitrogen and oxygen atoms in total. The Labute approximate surface area is 137 Å². The fraction of sp³-hybridized carbons (Fsp3) is 0.250. The van der Waals surface area contributed by atoms with Gasteiger partial charge in [0.25, 0.3) is 0 Å². The molecule has 0 amide bonds. The van der Waals surface area contributed by atoms with E-state index in [0.29, 0.717) is 12.1 Å². The molecular weight excluding hydrogens is 357 g/mol. The molecule has 1 N–H and O–H groups in total. The number of rotatable bonds is 6. The van der Waals surface area contributed by atoms with Crippen LogP contribution in [0.25, 0.3) is 0 Å². The minimum atomic E-state index is -0.429. The molecule has 0 heterocycles. The Bertz CT molecular complexity index is 621. The fourth-order valence-electron chi connectivity index (χ4n) is 1.90. The third kappa shape index (κ3) is 4.43. The van der Waals surface area contributed by atoms with Gasteiger partial charge in [-0.1, -0.05) is 46.6 Å². The molecule has 2 aromatic carbocycles. The molecule has 0 atom stereocenters. The zero-order valence-corrected chi connectivity index (χ0v) is 14.0. The number of hydrogen-bond donors (Lipinski definition) is 1. The van der Waals surface area contributed by atoms with E-state index in [2.05, 4.69) is 21.2 Å². The molecular formula is C16H16BrClFNO. The van der Waals surface area contributed by atoms with Crippen molar-refractivity contribution in [1.29, 1.82) is 0 Å². The largest absolute Gasteiger partial charge is 0.489 e. The topological polar surface area (TPSA) is 21.3 Å². The lowest BCUT2D eigenvalue weighted by Gasteiger charge is -2.13. The maximum absolute atomic E-state index is 13.4. The van der Waals surface area contributed by atoms with Crippen LogP contribution in [-0.2, 0) is 13.2 Å². The Morgan fingerprint density at radius 1 is 1.24 bits per heavy atom. The average Bonchev–Trinajstić information content (AvgIpc) is 2.48. The minimum Gasteiger partial charge on any atom is -0.489 e. The summed E-state index contributed by atoms with van der Waals surface area (Å²) in [5.74, 6) is 0.334. The molecule has 0 aromatic heterocycles. The molecule has 0 aliphatic heterocycles. The normalized spacial score (nSPS) is 10.7. The van der Waals surface area contributed by atoms with Crippen LogP contribution in [0.1, 0.15) is 18.1 Å². The van der Waals surface area contributed by atoms with Gasteiger partial charge in [-0.25, -0.2) is 4.39 Å². The number of nitrogens with one attached hydrogen (secondary N) is 1. The number of ether oxygens (including phenoxy) is 1. The summed E-state index contributed by atoms with van der Waals surface area (Å²) in [5, 5.41) is 3.38. The maximum atomic E-state index is 13.4. The van der Waals surface area contributed by atoms with Crippen molar-refractivity contribution in [3.05, 3.63) is 62.8 Å². The lowest BCUT2D eigenvalue weighted by atomic mass is 10.2. The molecule has 112 valence electrons. The van der Waals surface area contributed by atoms with E-state index >= 15 is 0 Å². The van der Waals surface area contributed by atoms with Crippen LogP contribution >= 0.6 is 27.5 Å². The summed E-state index contributed by atoms with van der Waals surface area (Å²) < 4.78 is 20.2. The van der Waals surface area contributed by atoms with Crippen molar-refractivity contribution < 1.29 is 9.13 Å². The highest BCUT2D eigenvalue weighted by Crippen LogP contribution is 2.26. The minimum absolute atomic E-state index is 0.114. The molecule has 0 radical (unpaired) electrons. The van der Waals surface area contributed by atoms with Crippen LogP contribution < -0.4 is 10.1 Å². The molecule has 0 unspecified atom stereocenters. The summed E-state index contributed by atoms with van der Waals surface area (Å²) in [6, 6.07) is 10.5. The second-order valence-electron chi connectivity index (χ2n) is 4.53. The van der Waals surface area contributed by atoms with Crippen LogP contribution in [0.4, 0.5) is 4.39 Å². The van der Waals surface area contributed by atoms with Gasteiger partial charge in [0.1, 0.15) is 18.2 Å². The SMILES string of the molecule is CCNCc1cc(Br)ccc1OCc1cccc(F)c1Cl. The Kier molecular flexibility index (Phi) is 6.03. The fourth-order valence-corrected chi connectivity index (χ4v) is 2.49. The zero-order valence-electron chi connectivity index (χ0n) is 11.6. The van der Waals surface area contributed by atoms with Gasteiger partial charge in [-0.3, -0.25) is 0 Å². The highest BCUT2D eigenvalue weighted by atomic mass is 79.9. The standard InChI is InChI=1S/C16H16BrClFNO/c1-2-20-9-12-8-13(17)6-7-15(12)21-10-11-4-3-5-14(19)16(11)18/h3-8,20H,2,9-10H2,1H3. The highest BCUT2D eigenvalue weighted by molar-refractivity contribution is 9.10. The third-order valence-corrected chi connectivity index (χ3v) is 3.92. The molecule has 2 aromatic rings. The second-order valence-corrected chi connectivity index (χ2v) is 5.83. The predicted octanol–water partition coefficient (Wildman–Crippen LogP) is 4.93. The van der Waals surface area contributed by atoms with Crippen LogP contribution in [0.2, 0.25) is 5.02 Å². The highest BCUT2D eigenvalue weighted by Gasteiger charge is 2.09. The second kappa shape index (κ2) is 7.78. The number of benzene rings is 2. The van der Waals surface area contributed by atoms with Gasteiger partial charge in [-0.05, 0) is 30.8 Å². The van der Waals surface area contributed by atoms with Gasteiger partial charge < -0.3 is 10.1 Å². The monoisotopic (exact) mass is 371 g/mol. The third-order valence-electron chi connectivity index (χ3n) is 3.00. The van der Waals surface area contributed by atoms with Crippen LogP contribution in [-0.4, -0.2) is 6.54 Å². The van der Waals surface area contributed by atoms with E-state index < -0.39 is 5.82 Å². The van der Waals surface area contributed by atoms with Gasteiger partial charge in [0.05, 0.1) is 5.02 Å². The van der Waals surface area contributed by atoms with Crippen molar-refractivity contribution in [2.75, 3.05) is 6.54 Å². The molecule has 0 aliphatic carbocycles. The molecule has 0 aliphatic rings. The molecule has 21 heavy (non-hydrogen) atoms. The van der Waals surface area contributed by atoms with Crippen LogP contribution in [0, 0.1) is 5.82 Å². The zero-order chi connectivity index (χ0) is 15.2. The van der Waals surface area contributed by atoms with Crippen molar-refractivity contribution in [3.63, 3.8) is 0 Å². The van der Waals surface area contributed by atoms with Gasteiger partial charge in [-0.2, -0.15) is 0 Å². The first kappa shape index (κ1) is 16.3. The molecule has 0 bridgehead atoms. The lowest BCUT2D eigenvalue weighted by Crippen LogP contribution is -2.13. The van der Waals surface area contributed by atoms with Crippen LogP contribution in [0.15, 0.2) is 40.9 Å². The van der Waals surface area contributed by atoms with Crippen LogP contribution in [0.3, 0.4) is 0 Å². The van der Waals surface area contributed by atoms with E-state index in [9.17, 15) is 4.39 Å². The quantitative estimate of drug-likeness (QED) is 0.776. The molecule has 2 rings (SSSR count). The summed E-state index contributed by atoms with van der Waals surface area (Å²) in [5.41, 5.74) is 1.67. The first-order valence-electron chi connectivity index (χ1n) is 6.66. The van der Waals surface area contributed by atoms with Gasteiger partial charge in [0, 0.05) is 22.1 Å². The van der Waals surface area contributed by atoms with E-state index in [1.807, 2.05) is 25.1 Å². The first-order valence-corrected chi connectivity index (χ1v) is 7.83.